The molecule has 0 radical (unpaired) electrons. The maximum Gasteiger partial charge on any atom is 0.0541 e. The van der Waals surface area contributed by atoms with Crippen molar-refractivity contribution in [2.45, 2.75) is 39.3 Å². The van der Waals surface area contributed by atoms with Gasteiger partial charge in [-0.05, 0) is 37.3 Å². The zero-order valence-corrected chi connectivity index (χ0v) is 8.96. The van der Waals surface area contributed by atoms with Crippen LogP contribution in [0.25, 0.3) is 0 Å². The first-order valence-electron chi connectivity index (χ1n) is 5.34. The molecule has 2 nitrogen and oxygen atoms in total. The Hall–Kier alpha value is -0.890. The molecular weight excluding hydrogens is 172 g/mol. The minimum atomic E-state index is 0.550. The summed E-state index contributed by atoms with van der Waals surface area (Å²) < 4.78 is 0. The van der Waals surface area contributed by atoms with Gasteiger partial charge < -0.3 is 5.32 Å². The predicted molar refractivity (Wildman–Crippen MR) is 57.9 cm³/mol. The molecule has 1 unspecified atom stereocenters. The number of rotatable bonds is 4. The summed E-state index contributed by atoms with van der Waals surface area (Å²) in [6.07, 6.45) is 4.58. The van der Waals surface area contributed by atoms with E-state index in [4.69, 9.17) is 0 Å². The Kier molecular flexibility index (Phi) is 2.55. The first-order valence-corrected chi connectivity index (χ1v) is 5.34. The molecule has 0 aromatic carbocycles. The lowest BCUT2D eigenvalue weighted by Crippen LogP contribution is -2.32. The van der Waals surface area contributed by atoms with Crippen molar-refractivity contribution in [1.82, 2.24) is 10.3 Å². The molecule has 2 rings (SSSR count). The van der Waals surface area contributed by atoms with Gasteiger partial charge in [0.05, 0.1) is 5.69 Å². The van der Waals surface area contributed by atoms with Crippen LogP contribution in [0.4, 0.5) is 0 Å². The van der Waals surface area contributed by atoms with Crippen LogP contribution in [0.3, 0.4) is 0 Å². The van der Waals surface area contributed by atoms with Crippen molar-refractivity contribution in [3.05, 3.63) is 30.1 Å². The van der Waals surface area contributed by atoms with Crippen LogP contribution in [0.2, 0.25) is 0 Å². The lowest BCUT2D eigenvalue weighted by molar-refractivity contribution is 0.378. The fourth-order valence-corrected chi connectivity index (χ4v) is 1.64. The minimum Gasteiger partial charge on any atom is -0.308 e. The van der Waals surface area contributed by atoms with Crippen molar-refractivity contribution in [2.75, 3.05) is 0 Å². The fraction of sp³-hybridized carbons (Fsp3) is 0.583. The van der Waals surface area contributed by atoms with Crippen LogP contribution in [0, 0.1) is 5.41 Å². The van der Waals surface area contributed by atoms with Crippen LogP contribution in [-0.2, 0) is 6.54 Å². The summed E-state index contributed by atoms with van der Waals surface area (Å²) in [5.74, 6) is 0. The smallest absolute Gasteiger partial charge is 0.0541 e. The van der Waals surface area contributed by atoms with Gasteiger partial charge in [-0.15, -0.1) is 0 Å². The number of hydrogen-bond acceptors (Lipinski definition) is 2. The molecule has 0 amide bonds. The second-order valence-corrected chi connectivity index (χ2v) is 4.58. The van der Waals surface area contributed by atoms with Crippen molar-refractivity contribution < 1.29 is 0 Å². The topological polar surface area (TPSA) is 24.9 Å². The van der Waals surface area contributed by atoms with Gasteiger partial charge in [0.1, 0.15) is 0 Å². The van der Waals surface area contributed by atoms with Gasteiger partial charge in [0.15, 0.2) is 0 Å². The molecule has 76 valence electrons. The first-order chi connectivity index (χ1) is 6.71. The van der Waals surface area contributed by atoms with E-state index in [1.165, 1.54) is 12.8 Å². The van der Waals surface area contributed by atoms with Crippen molar-refractivity contribution in [1.29, 1.82) is 0 Å². The zero-order valence-electron chi connectivity index (χ0n) is 8.96. The largest absolute Gasteiger partial charge is 0.308 e. The summed E-state index contributed by atoms with van der Waals surface area (Å²) in [4.78, 5) is 4.29. The normalized spacial score (nSPS) is 20.4. The molecule has 1 atom stereocenters. The van der Waals surface area contributed by atoms with E-state index in [0.29, 0.717) is 11.5 Å². The molecule has 2 heteroatoms. The molecule has 1 aliphatic carbocycles. The molecule has 1 N–H and O–H groups in total. The van der Waals surface area contributed by atoms with Crippen molar-refractivity contribution in [3.63, 3.8) is 0 Å². The Labute approximate surface area is 85.7 Å². The van der Waals surface area contributed by atoms with E-state index in [9.17, 15) is 0 Å². The van der Waals surface area contributed by atoms with Crippen LogP contribution in [0.15, 0.2) is 24.4 Å². The van der Waals surface area contributed by atoms with Gasteiger partial charge in [-0.25, -0.2) is 0 Å². The highest BCUT2D eigenvalue weighted by atomic mass is 14.9. The summed E-state index contributed by atoms with van der Waals surface area (Å²) in [7, 11) is 0. The van der Waals surface area contributed by atoms with Gasteiger partial charge in [0.2, 0.25) is 0 Å². The summed E-state index contributed by atoms with van der Waals surface area (Å²) in [5.41, 5.74) is 1.68. The van der Waals surface area contributed by atoms with Crippen molar-refractivity contribution in [3.8, 4) is 0 Å². The number of nitrogens with zero attached hydrogens (tertiary/aromatic N) is 1. The summed E-state index contributed by atoms with van der Waals surface area (Å²) in [6.45, 7) is 5.51. The Morgan fingerprint density at radius 2 is 2.29 bits per heavy atom. The SMILES string of the molecule is CC(NCc1ccccn1)C1(C)CC1. The molecule has 1 aromatic rings. The Balaban J connectivity index is 1.83. The Morgan fingerprint density at radius 1 is 1.50 bits per heavy atom. The monoisotopic (exact) mass is 190 g/mol. The van der Waals surface area contributed by atoms with Crippen LogP contribution in [0.5, 0.6) is 0 Å². The van der Waals surface area contributed by atoms with E-state index in [1.807, 2.05) is 18.3 Å². The molecule has 1 aliphatic rings. The molecule has 0 saturated heterocycles. The zero-order chi connectivity index (χ0) is 10.0. The highest BCUT2D eigenvalue weighted by Gasteiger charge is 2.42. The van der Waals surface area contributed by atoms with Gasteiger partial charge in [0, 0.05) is 18.8 Å². The Bertz CT molecular complexity index is 290. The van der Waals surface area contributed by atoms with E-state index >= 15 is 0 Å². The van der Waals surface area contributed by atoms with E-state index < -0.39 is 0 Å². The lowest BCUT2D eigenvalue weighted by atomic mass is 10.0. The summed E-state index contributed by atoms with van der Waals surface area (Å²) in [6, 6.07) is 6.65. The lowest BCUT2D eigenvalue weighted by Gasteiger charge is -2.19. The number of aromatic nitrogens is 1. The quantitative estimate of drug-likeness (QED) is 0.788. The second kappa shape index (κ2) is 3.70. The van der Waals surface area contributed by atoms with E-state index in [0.717, 1.165) is 12.2 Å². The molecule has 1 heterocycles. The average molecular weight is 190 g/mol. The molecule has 1 fully saturated rings. The average Bonchev–Trinajstić information content (AvgIpc) is 2.96. The van der Waals surface area contributed by atoms with Crippen molar-refractivity contribution >= 4 is 0 Å². The third-order valence-electron chi connectivity index (χ3n) is 3.40. The minimum absolute atomic E-state index is 0.550. The third kappa shape index (κ3) is 2.13. The predicted octanol–water partition coefficient (Wildman–Crippen LogP) is 2.36. The maximum atomic E-state index is 4.29. The number of pyridine rings is 1. The van der Waals surface area contributed by atoms with Gasteiger partial charge in [-0.3, -0.25) is 4.98 Å². The van der Waals surface area contributed by atoms with Crippen LogP contribution in [0.1, 0.15) is 32.4 Å². The number of nitrogens with one attached hydrogen (secondary N) is 1. The molecule has 0 aliphatic heterocycles. The van der Waals surface area contributed by atoms with E-state index in [1.54, 1.807) is 0 Å². The van der Waals surface area contributed by atoms with Gasteiger partial charge in [-0.1, -0.05) is 13.0 Å². The van der Waals surface area contributed by atoms with Crippen LogP contribution < -0.4 is 5.32 Å². The third-order valence-corrected chi connectivity index (χ3v) is 3.40. The molecular formula is C12H18N2. The molecule has 0 spiro atoms. The highest BCUT2D eigenvalue weighted by molar-refractivity contribution is 5.04. The molecule has 1 aromatic heterocycles. The first kappa shape index (κ1) is 9.66. The molecule has 0 bridgehead atoms. The van der Waals surface area contributed by atoms with Crippen molar-refractivity contribution in [2.24, 2.45) is 5.41 Å². The van der Waals surface area contributed by atoms with E-state index in [2.05, 4.69) is 30.2 Å². The Morgan fingerprint density at radius 3 is 2.86 bits per heavy atom. The standard InChI is InChI=1S/C12H18N2/c1-10(12(2)6-7-12)14-9-11-5-3-4-8-13-11/h3-5,8,10,14H,6-7,9H2,1-2H3. The fourth-order valence-electron chi connectivity index (χ4n) is 1.64. The summed E-state index contributed by atoms with van der Waals surface area (Å²) in [5, 5.41) is 3.54. The second-order valence-electron chi connectivity index (χ2n) is 4.58. The van der Waals surface area contributed by atoms with Crippen LogP contribution in [-0.4, -0.2) is 11.0 Å². The maximum absolute atomic E-state index is 4.29. The van der Waals surface area contributed by atoms with E-state index in [-0.39, 0.29) is 0 Å². The van der Waals surface area contributed by atoms with Gasteiger partial charge in [-0.2, -0.15) is 0 Å². The number of hydrogen-bond donors (Lipinski definition) is 1. The molecule has 1 saturated carbocycles. The van der Waals surface area contributed by atoms with Crippen LogP contribution >= 0.6 is 0 Å². The highest BCUT2D eigenvalue weighted by Crippen LogP contribution is 2.47. The summed E-state index contributed by atoms with van der Waals surface area (Å²) >= 11 is 0. The van der Waals surface area contributed by atoms with Gasteiger partial charge >= 0.3 is 0 Å². The van der Waals surface area contributed by atoms with Gasteiger partial charge in [0.25, 0.3) is 0 Å². The molecule has 14 heavy (non-hydrogen) atoms.